The summed E-state index contributed by atoms with van der Waals surface area (Å²) >= 11 is 0. The van der Waals surface area contributed by atoms with Crippen LogP contribution in [0.25, 0.3) is 0 Å². The molecule has 1 aromatic rings. The molecule has 2 unspecified atom stereocenters. The molecule has 0 aliphatic carbocycles. The average molecular weight is 293 g/mol. The highest BCUT2D eigenvalue weighted by atomic mass is 16.4. The van der Waals surface area contributed by atoms with Crippen molar-refractivity contribution in [3.63, 3.8) is 0 Å². The van der Waals surface area contributed by atoms with Gasteiger partial charge in [0, 0.05) is 6.04 Å². The van der Waals surface area contributed by atoms with E-state index in [1.807, 2.05) is 25.9 Å². The van der Waals surface area contributed by atoms with Crippen LogP contribution in [0.3, 0.4) is 0 Å². The van der Waals surface area contributed by atoms with Crippen molar-refractivity contribution >= 4 is 12.0 Å². The summed E-state index contributed by atoms with van der Waals surface area (Å²) in [6, 6.07) is 7.08. The summed E-state index contributed by atoms with van der Waals surface area (Å²) in [7, 11) is 3.92. The average Bonchev–Trinajstić information content (AvgIpc) is 2.43. The predicted octanol–water partition coefficient (Wildman–Crippen LogP) is 1.45. The standard InChI is InChI=1S/C15H23N3O3/c1-11(9-10-18(2)3)16-15(21)17-13(14(19)20)12-7-5-4-6-8-12/h4-8,11,13H,9-10H2,1-3H3,(H,19,20)(H2,16,17,21). The number of carbonyl (C=O) groups is 2. The molecule has 1 aromatic carbocycles. The summed E-state index contributed by atoms with van der Waals surface area (Å²) < 4.78 is 0. The predicted molar refractivity (Wildman–Crippen MR) is 81.1 cm³/mol. The van der Waals surface area contributed by atoms with Crippen LogP contribution in [0.2, 0.25) is 0 Å². The molecule has 0 aromatic heterocycles. The lowest BCUT2D eigenvalue weighted by Gasteiger charge is -2.19. The Bertz CT molecular complexity index is 462. The number of carboxylic acid groups (broad SMARTS) is 1. The molecule has 6 nitrogen and oxygen atoms in total. The zero-order valence-electron chi connectivity index (χ0n) is 12.7. The second kappa shape index (κ2) is 8.26. The third kappa shape index (κ3) is 6.27. The van der Waals surface area contributed by atoms with E-state index in [1.165, 1.54) is 0 Å². The van der Waals surface area contributed by atoms with Crippen LogP contribution < -0.4 is 10.6 Å². The first-order chi connectivity index (χ1) is 9.90. The number of amides is 2. The molecule has 0 bridgehead atoms. The molecule has 0 radical (unpaired) electrons. The molecule has 3 N–H and O–H groups in total. The van der Waals surface area contributed by atoms with Crippen molar-refractivity contribution in [2.24, 2.45) is 0 Å². The maximum absolute atomic E-state index is 11.9. The van der Waals surface area contributed by atoms with E-state index in [1.54, 1.807) is 30.3 Å². The minimum Gasteiger partial charge on any atom is -0.479 e. The van der Waals surface area contributed by atoms with Crippen molar-refractivity contribution in [3.8, 4) is 0 Å². The van der Waals surface area contributed by atoms with Crippen LogP contribution in [0.15, 0.2) is 30.3 Å². The van der Waals surface area contributed by atoms with Gasteiger partial charge in [0.25, 0.3) is 0 Å². The van der Waals surface area contributed by atoms with Gasteiger partial charge in [-0.25, -0.2) is 9.59 Å². The normalized spacial score (nSPS) is 13.5. The summed E-state index contributed by atoms with van der Waals surface area (Å²) in [4.78, 5) is 25.2. The molecule has 0 saturated carbocycles. The zero-order valence-corrected chi connectivity index (χ0v) is 12.7. The quantitative estimate of drug-likeness (QED) is 0.711. The fourth-order valence-corrected chi connectivity index (χ4v) is 1.85. The molecule has 116 valence electrons. The van der Waals surface area contributed by atoms with Crippen LogP contribution >= 0.6 is 0 Å². The molecule has 0 aliphatic heterocycles. The zero-order chi connectivity index (χ0) is 15.8. The largest absolute Gasteiger partial charge is 0.479 e. The van der Waals surface area contributed by atoms with Gasteiger partial charge in [-0.05, 0) is 39.5 Å². The number of hydrogen-bond donors (Lipinski definition) is 3. The number of rotatable bonds is 7. The molecule has 0 fully saturated rings. The van der Waals surface area contributed by atoms with Gasteiger partial charge in [-0.2, -0.15) is 0 Å². The van der Waals surface area contributed by atoms with Gasteiger partial charge in [0.1, 0.15) is 0 Å². The molecule has 0 heterocycles. The number of nitrogens with zero attached hydrogens (tertiary/aromatic N) is 1. The third-order valence-electron chi connectivity index (χ3n) is 3.04. The second-order valence-electron chi connectivity index (χ2n) is 5.29. The van der Waals surface area contributed by atoms with Crippen LogP contribution in [0, 0.1) is 0 Å². The van der Waals surface area contributed by atoms with E-state index >= 15 is 0 Å². The number of urea groups is 1. The van der Waals surface area contributed by atoms with E-state index in [2.05, 4.69) is 10.6 Å². The van der Waals surface area contributed by atoms with Crippen molar-refractivity contribution in [1.29, 1.82) is 0 Å². The van der Waals surface area contributed by atoms with Crippen molar-refractivity contribution in [2.75, 3.05) is 20.6 Å². The Morgan fingerprint density at radius 3 is 2.33 bits per heavy atom. The Hall–Kier alpha value is -2.08. The number of benzene rings is 1. The monoisotopic (exact) mass is 293 g/mol. The van der Waals surface area contributed by atoms with E-state index in [-0.39, 0.29) is 6.04 Å². The molecule has 2 atom stereocenters. The number of nitrogens with one attached hydrogen (secondary N) is 2. The molecule has 2 amide bonds. The van der Waals surface area contributed by atoms with E-state index in [9.17, 15) is 14.7 Å². The Morgan fingerprint density at radius 1 is 1.19 bits per heavy atom. The van der Waals surface area contributed by atoms with Crippen LogP contribution in [0.1, 0.15) is 24.9 Å². The third-order valence-corrected chi connectivity index (χ3v) is 3.04. The van der Waals surface area contributed by atoms with Gasteiger partial charge < -0.3 is 20.6 Å². The summed E-state index contributed by atoms with van der Waals surface area (Å²) in [5.41, 5.74) is 0.543. The van der Waals surface area contributed by atoms with Crippen LogP contribution in [-0.2, 0) is 4.79 Å². The lowest BCUT2D eigenvalue weighted by Crippen LogP contribution is -2.45. The van der Waals surface area contributed by atoms with E-state index in [4.69, 9.17) is 0 Å². The number of hydrogen-bond acceptors (Lipinski definition) is 3. The highest BCUT2D eigenvalue weighted by Crippen LogP contribution is 2.12. The van der Waals surface area contributed by atoms with E-state index in [0.717, 1.165) is 13.0 Å². The first-order valence-corrected chi connectivity index (χ1v) is 6.89. The molecular formula is C15H23N3O3. The van der Waals surface area contributed by atoms with Crippen molar-refractivity contribution in [1.82, 2.24) is 15.5 Å². The maximum atomic E-state index is 11.9. The van der Waals surface area contributed by atoms with Crippen LogP contribution in [0.5, 0.6) is 0 Å². The summed E-state index contributed by atoms with van der Waals surface area (Å²) in [6.07, 6.45) is 0.795. The van der Waals surface area contributed by atoms with Crippen molar-refractivity contribution in [3.05, 3.63) is 35.9 Å². The van der Waals surface area contributed by atoms with Crippen molar-refractivity contribution in [2.45, 2.75) is 25.4 Å². The topological polar surface area (TPSA) is 81.7 Å². The van der Waals surface area contributed by atoms with Gasteiger partial charge >= 0.3 is 12.0 Å². The summed E-state index contributed by atoms with van der Waals surface area (Å²) in [6.45, 7) is 2.74. The van der Waals surface area contributed by atoms with E-state index < -0.39 is 18.0 Å². The highest BCUT2D eigenvalue weighted by molar-refractivity contribution is 5.83. The van der Waals surface area contributed by atoms with E-state index in [0.29, 0.717) is 5.56 Å². The van der Waals surface area contributed by atoms with Gasteiger partial charge in [0.2, 0.25) is 0 Å². The summed E-state index contributed by atoms with van der Waals surface area (Å²) in [5.74, 6) is -1.09. The molecule has 6 heteroatoms. The first-order valence-electron chi connectivity index (χ1n) is 6.89. The van der Waals surface area contributed by atoms with Gasteiger partial charge in [0.05, 0.1) is 0 Å². The van der Waals surface area contributed by atoms with Gasteiger partial charge in [-0.1, -0.05) is 30.3 Å². The van der Waals surface area contributed by atoms with Gasteiger partial charge in [-0.3, -0.25) is 0 Å². The fourth-order valence-electron chi connectivity index (χ4n) is 1.85. The molecule has 0 spiro atoms. The molecule has 0 aliphatic rings. The van der Waals surface area contributed by atoms with Gasteiger partial charge in [-0.15, -0.1) is 0 Å². The molecular weight excluding hydrogens is 270 g/mol. The SMILES string of the molecule is CC(CCN(C)C)NC(=O)NC(C(=O)O)c1ccccc1. The Labute approximate surface area is 125 Å². The number of carboxylic acids is 1. The lowest BCUT2D eigenvalue weighted by atomic mass is 10.1. The minimum atomic E-state index is -1.09. The Morgan fingerprint density at radius 2 is 1.81 bits per heavy atom. The molecule has 1 rings (SSSR count). The fraction of sp³-hybridized carbons (Fsp3) is 0.467. The highest BCUT2D eigenvalue weighted by Gasteiger charge is 2.22. The Kier molecular flexibility index (Phi) is 6.68. The second-order valence-corrected chi connectivity index (χ2v) is 5.29. The maximum Gasteiger partial charge on any atom is 0.330 e. The molecule has 21 heavy (non-hydrogen) atoms. The smallest absolute Gasteiger partial charge is 0.330 e. The summed E-state index contributed by atoms with van der Waals surface area (Å²) in [5, 5.41) is 14.5. The molecule has 0 saturated heterocycles. The minimum absolute atomic E-state index is 0.0300. The van der Waals surface area contributed by atoms with Crippen LogP contribution in [-0.4, -0.2) is 48.7 Å². The number of aliphatic carboxylic acids is 1. The van der Waals surface area contributed by atoms with Crippen LogP contribution in [0.4, 0.5) is 4.79 Å². The van der Waals surface area contributed by atoms with Gasteiger partial charge in [0.15, 0.2) is 6.04 Å². The lowest BCUT2D eigenvalue weighted by molar-refractivity contribution is -0.139. The first kappa shape index (κ1) is 17.0. The van der Waals surface area contributed by atoms with Crippen molar-refractivity contribution < 1.29 is 14.7 Å². The Balaban J connectivity index is 2.56. The number of carbonyl (C=O) groups excluding carboxylic acids is 1.